The van der Waals surface area contributed by atoms with Gasteiger partial charge in [0.25, 0.3) is 0 Å². The number of aliphatic hydroxyl groups is 1. The molecule has 5 aromatic rings. The van der Waals surface area contributed by atoms with E-state index in [1.165, 1.54) is 5.56 Å². The number of fused-ring (bicyclic) bond motifs is 3. The monoisotopic (exact) mass is 560 g/mol. The van der Waals surface area contributed by atoms with E-state index in [1.54, 1.807) is 0 Å². The Labute approximate surface area is 251 Å². The van der Waals surface area contributed by atoms with Crippen molar-refractivity contribution in [3.63, 3.8) is 0 Å². The second-order valence-electron chi connectivity index (χ2n) is 12.7. The first kappa shape index (κ1) is 25.2. The summed E-state index contributed by atoms with van der Waals surface area (Å²) in [5.74, 6) is -0.0211. The van der Waals surface area contributed by atoms with Crippen LogP contribution < -0.4 is 5.32 Å². The van der Waals surface area contributed by atoms with Crippen molar-refractivity contribution >= 4 is 22.6 Å². The van der Waals surface area contributed by atoms with Gasteiger partial charge >= 0.3 is 0 Å². The highest BCUT2D eigenvalue weighted by Crippen LogP contribution is 2.74. The first-order valence-corrected chi connectivity index (χ1v) is 15.2. The molecule has 4 heteroatoms. The first-order valence-electron chi connectivity index (χ1n) is 15.2. The number of hydrogen-bond donors (Lipinski definition) is 2. The summed E-state index contributed by atoms with van der Waals surface area (Å²) in [7, 11) is 0. The molecule has 2 bridgehead atoms. The number of hydrogen-bond acceptors (Lipinski definition) is 4. The van der Waals surface area contributed by atoms with E-state index in [1.807, 2.05) is 54.6 Å². The van der Waals surface area contributed by atoms with Crippen LogP contribution in [0.5, 0.6) is 0 Å². The van der Waals surface area contributed by atoms with E-state index in [0.717, 1.165) is 45.0 Å². The fourth-order valence-corrected chi connectivity index (χ4v) is 9.36. The molecular formula is C39H32N2O2. The zero-order valence-corrected chi connectivity index (χ0v) is 23.8. The van der Waals surface area contributed by atoms with Gasteiger partial charge in [0.15, 0.2) is 11.5 Å². The highest BCUT2D eigenvalue weighted by atomic mass is 16.3. The number of ketones is 1. The van der Waals surface area contributed by atoms with Crippen molar-refractivity contribution in [3.05, 3.63) is 161 Å². The van der Waals surface area contributed by atoms with E-state index in [9.17, 15) is 5.11 Å². The molecule has 3 saturated heterocycles. The molecule has 2 N–H and O–H groups in total. The third-order valence-electron chi connectivity index (χ3n) is 10.8. The van der Waals surface area contributed by atoms with Gasteiger partial charge in [-0.2, -0.15) is 0 Å². The fraction of sp³-hybridized carbons (Fsp3) is 0.205. The van der Waals surface area contributed by atoms with Crippen LogP contribution in [0.15, 0.2) is 133 Å². The number of carbonyl (C=O) groups excluding carboxylic acids is 1. The number of benzene rings is 5. The Balaban J connectivity index is 1.36. The summed E-state index contributed by atoms with van der Waals surface area (Å²) in [6.07, 6.45) is 2.80. The van der Waals surface area contributed by atoms with Gasteiger partial charge in [-0.15, -0.1) is 0 Å². The van der Waals surface area contributed by atoms with Gasteiger partial charge in [-0.1, -0.05) is 127 Å². The van der Waals surface area contributed by atoms with Gasteiger partial charge in [0.2, 0.25) is 0 Å². The van der Waals surface area contributed by atoms with Crippen LogP contribution in [0.1, 0.15) is 33.7 Å². The molecule has 4 nitrogen and oxygen atoms in total. The van der Waals surface area contributed by atoms with E-state index in [-0.39, 0.29) is 17.7 Å². The second kappa shape index (κ2) is 8.84. The summed E-state index contributed by atoms with van der Waals surface area (Å²) in [6.45, 7) is 0.877. The highest BCUT2D eigenvalue weighted by Gasteiger charge is 2.84. The molecule has 210 valence electrons. The number of rotatable bonds is 4. The van der Waals surface area contributed by atoms with Gasteiger partial charge in [-0.05, 0) is 45.5 Å². The highest BCUT2D eigenvalue weighted by molar-refractivity contribution is 6.09. The molecule has 0 radical (unpaired) electrons. The summed E-state index contributed by atoms with van der Waals surface area (Å²) in [5, 5.41) is 19.7. The average Bonchev–Trinajstić information content (AvgIpc) is 3.52. The summed E-state index contributed by atoms with van der Waals surface area (Å²) >= 11 is 0. The Morgan fingerprint density at radius 3 is 2.16 bits per heavy atom. The van der Waals surface area contributed by atoms with Crippen LogP contribution in [0.25, 0.3) is 16.8 Å². The molecule has 0 amide bonds. The van der Waals surface area contributed by atoms with Gasteiger partial charge < -0.3 is 5.11 Å². The topological polar surface area (TPSA) is 52.6 Å². The zero-order chi connectivity index (χ0) is 28.8. The smallest absolute Gasteiger partial charge is 0.170 e. The van der Waals surface area contributed by atoms with Crippen molar-refractivity contribution in [1.82, 2.24) is 10.2 Å². The quantitative estimate of drug-likeness (QED) is 0.259. The Kier molecular flexibility index (Phi) is 5.17. The lowest BCUT2D eigenvalue weighted by Crippen LogP contribution is -2.60. The van der Waals surface area contributed by atoms with Gasteiger partial charge in [-0.25, -0.2) is 0 Å². The molecular weight excluding hydrogens is 528 g/mol. The van der Waals surface area contributed by atoms with Crippen LogP contribution in [0.4, 0.5) is 0 Å². The Bertz CT molecular complexity index is 1930. The molecule has 3 aliphatic heterocycles. The van der Waals surface area contributed by atoms with Crippen molar-refractivity contribution in [3.8, 4) is 0 Å². The summed E-state index contributed by atoms with van der Waals surface area (Å²) in [5.41, 5.74) is 2.69. The van der Waals surface area contributed by atoms with Crippen molar-refractivity contribution in [2.45, 2.75) is 29.6 Å². The molecule has 3 heterocycles. The lowest BCUT2D eigenvalue weighted by molar-refractivity contribution is -0.139. The molecule has 1 aliphatic carbocycles. The maximum Gasteiger partial charge on any atom is 0.170 e. The van der Waals surface area contributed by atoms with Crippen molar-refractivity contribution in [1.29, 1.82) is 0 Å². The standard InChI is InChI=1S/C39H32N2O2/c42-36-30(22-26-12-4-1-5-13-26)24-41-25-37(36)35(29-16-8-3-9-17-29)33(23-27-14-6-2-7-15-27)40-38(37)31-20-10-18-28-19-11-21-32(34(28)31)39(38,41)43/h1-22,33,35,40,43H,23-25H2/b30-22+/t33-,35-,37-,38+,39+/m0/s1. The minimum atomic E-state index is -1.39. The molecule has 2 spiro atoms. The molecule has 0 aromatic heterocycles. The minimum Gasteiger partial charge on any atom is -0.369 e. The molecule has 0 saturated carbocycles. The molecule has 1 unspecified atom stereocenters. The maximum atomic E-state index is 15.5. The maximum absolute atomic E-state index is 15.5. The third-order valence-corrected chi connectivity index (χ3v) is 10.8. The van der Waals surface area contributed by atoms with E-state index in [4.69, 9.17) is 0 Å². The number of piperidine rings is 1. The third kappa shape index (κ3) is 3.03. The van der Waals surface area contributed by atoms with Crippen molar-refractivity contribution < 1.29 is 9.90 Å². The van der Waals surface area contributed by atoms with Gasteiger partial charge in [0.1, 0.15) is 5.54 Å². The largest absolute Gasteiger partial charge is 0.369 e. The van der Waals surface area contributed by atoms with Crippen LogP contribution >= 0.6 is 0 Å². The number of nitrogens with zero attached hydrogens (tertiary/aromatic N) is 1. The van der Waals surface area contributed by atoms with Crippen LogP contribution in [-0.4, -0.2) is 34.9 Å². The van der Waals surface area contributed by atoms with Gasteiger partial charge in [0, 0.05) is 36.2 Å². The van der Waals surface area contributed by atoms with Crippen LogP contribution in [0.2, 0.25) is 0 Å². The molecule has 4 aliphatic rings. The number of carbonyl (C=O) groups is 1. The predicted molar refractivity (Wildman–Crippen MR) is 169 cm³/mol. The lowest BCUT2D eigenvalue weighted by Gasteiger charge is -2.44. The average molecular weight is 561 g/mol. The summed E-state index contributed by atoms with van der Waals surface area (Å²) in [4.78, 5) is 17.7. The van der Waals surface area contributed by atoms with E-state index in [2.05, 4.69) is 89.1 Å². The van der Waals surface area contributed by atoms with Gasteiger partial charge in [-0.3, -0.25) is 15.0 Å². The molecule has 6 atom stereocenters. The Morgan fingerprint density at radius 1 is 0.791 bits per heavy atom. The van der Waals surface area contributed by atoms with Crippen LogP contribution in [0, 0.1) is 5.41 Å². The van der Waals surface area contributed by atoms with E-state index >= 15 is 4.79 Å². The normalized spacial score (nSPS) is 32.7. The second-order valence-corrected chi connectivity index (χ2v) is 12.7. The zero-order valence-electron chi connectivity index (χ0n) is 23.8. The molecule has 5 aromatic carbocycles. The predicted octanol–water partition coefficient (Wildman–Crippen LogP) is 6.16. The molecule has 43 heavy (non-hydrogen) atoms. The van der Waals surface area contributed by atoms with Crippen LogP contribution in [-0.2, 0) is 22.5 Å². The summed E-state index contributed by atoms with van der Waals surface area (Å²) in [6, 6.07) is 43.7. The fourth-order valence-electron chi connectivity index (χ4n) is 9.36. The first-order chi connectivity index (χ1) is 21.1. The minimum absolute atomic E-state index is 0.0805. The Hall–Kier alpha value is -4.35. The lowest BCUT2D eigenvalue weighted by atomic mass is 9.57. The Morgan fingerprint density at radius 2 is 1.44 bits per heavy atom. The van der Waals surface area contributed by atoms with Gasteiger partial charge in [0.05, 0.1) is 5.41 Å². The van der Waals surface area contributed by atoms with E-state index in [0.29, 0.717) is 13.1 Å². The molecule has 9 rings (SSSR count). The van der Waals surface area contributed by atoms with Crippen molar-refractivity contribution in [2.75, 3.05) is 13.1 Å². The summed E-state index contributed by atoms with van der Waals surface area (Å²) < 4.78 is 0. The van der Waals surface area contributed by atoms with E-state index < -0.39 is 16.7 Å². The van der Waals surface area contributed by atoms with Crippen LogP contribution in [0.3, 0.4) is 0 Å². The molecule has 3 fully saturated rings. The number of nitrogens with one attached hydrogen (secondary N) is 1. The number of Topliss-reactive ketones (excluding diaryl/α,β-unsaturated/α-hetero) is 1. The SMILES string of the molecule is O=C1/C(=C/c2ccccc2)CN2C[C@]13[C@@H](c1ccccc1)[C@H](Cc1ccccc1)N[C@]31c3cccc4cccc(c34)[C@]21O. The van der Waals surface area contributed by atoms with Crippen molar-refractivity contribution in [2.24, 2.45) is 5.41 Å².